The zero-order valence-electron chi connectivity index (χ0n) is 16.9. The molecule has 26 heavy (non-hydrogen) atoms. The second-order valence-electron chi connectivity index (χ2n) is 8.23. The molecule has 2 aliphatic heterocycles. The summed E-state index contributed by atoms with van der Waals surface area (Å²) in [6, 6.07) is 0. The van der Waals surface area contributed by atoms with E-state index in [2.05, 4.69) is 32.7 Å². The summed E-state index contributed by atoms with van der Waals surface area (Å²) in [7, 11) is 3.78. The lowest BCUT2D eigenvalue weighted by molar-refractivity contribution is -0.0103. The molecule has 0 bridgehead atoms. The Hall–Kier alpha value is -1.44. The van der Waals surface area contributed by atoms with Crippen molar-refractivity contribution in [2.45, 2.75) is 58.4 Å². The third-order valence-corrected chi connectivity index (χ3v) is 5.45. The highest BCUT2D eigenvalue weighted by molar-refractivity contribution is 5.94. The predicted molar refractivity (Wildman–Crippen MR) is 99.4 cm³/mol. The summed E-state index contributed by atoms with van der Waals surface area (Å²) in [5.41, 5.74) is 2.45. The molecule has 0 unspecified atom stereocenters. The van der Waals surface area contributed by atoms with Crippen molar-refractivity contribution in [2.24, 2.45) is 0 Å². The summed E-state index contributed by atoms with van der Waals surface area (Å²) in [6.07, 6.45) is 0.742. The number of methoxy groups -OCH3 is 1. The van der Waals surface area contributed by atoms with Gasteiger partial charge in [0.2, 0.25) is 0 Å². The molecular formula is C19H32N4O3. The molecule has 0 N–H and O–H groups in total. The van der Waals surface area contributed by atoms with Crippen LogP contribution in [0, 0.1) is 0 Å². The third-order valence-electron chi connectivity index (χ3n) is 5.45. The number of ether oxygens (including phenoxy) is 2. The zero-order valence-corrected chi connectivity index (χ0v) is 16.9. The highest BCUT2D eigenvalue weighted by atomic mass is 16.5. The van der Waals surface area contributed by atoms with Crippen LogP contribution in [0.3, 0.4) is 0 Å². The van der Waals surface area contributed by atoms with Crippen LogP contribution in [0.15, 0.2) is 0 Å². The van der Waals surface area contributed by atoms with Gasteiger partial charge in [-0.15, -0.1) is 0 Å². The van der Waals surface area contributed by atoms with Gasteiger partial charge in [-0.05, 0) is 34.7 Å². The lowest BCUT2D eigenvalue weighted by Gasteiger charge is -2.46. The molecule has 1 aromatic heterocycles. The molecule has 0 radical (unpaired) electrons. The monoisotopic (exact) mass is 364 g/mol. The average Bonchev–Trinajstić information content (AvgIpc) is 2.90. The fraction of sp³-hybridized carbons (Fsp3) is 0.789. The lowest BCUT2D eigenvalue weighted by atomic mass is 9.95. The molecule has 0 saturated carbocycles. The van der Waals surface area contributed by atoms with Crippen LogP contribution in [-0.4, -0.2) is 77.5 Å². The number of likely N-dealkylation sites (N-methyl/N-ethyl adjacent to an activating group) is 1. The maximum Gasteiger partial charge on any atom is 0.275 e. The first-order valence-electron chi connectivity index (χ1n) is 9.49. The number of nitrogens with zero attached hydrogens (tertiary/aromatic N) is 4. The summed E-state index contributed by atoms with van der Waals surface area (Å²) < 4.78 is 13.1. The standard InChI is InChI=1S/C19H32N4O3/c1-13-11-15-16(18(24)22-8-7-21(5)12-19(22,3)4)20-23(9-10-25-6)17(15)14(2)26-13/h13-14H,7-12H2,1-6H3/t13-,14+/m1/s1. The maximum atomic E-state index is 13.5. The molecule has 2 atom stereocenters. The van der Waals surface area contributed by atoms with Gasteiger partial charge in [0, 0.05) is 38.7 Å². The Labute approximate surface area is 156 Å². The van der Waals surface area contributed by atoms with Gasteiger partial charge in [0.05, 0.1) is 36.6 Å². The van der Waals surface area contributed by atoms with Crippen LogP contribution in [-0.2, 0) is 22.4 Å². The molecular weight excluding hydrogens is 332 g/mol. The van der Waals surface area contributed by atoms with E-state index in [4.69, 9.17) is 14.6 Å². The van der Waals surface area contributed by atoms with Crippen LogP contribution in [0.2, 0.25) is 0 Å². The Balaban J connectivity index is 1.98. The van der Waals surface area contributed by atoms with Crippen LogP contribution >= 0.6 is 0 Å². The quantitative estimate of drug-likeness (QED) is 0.814. The summed E-state index contributed by atoms with van der Waals surface area (Å²) in [5.74, 6) is 0.0387. The van der Waals surface area contributed by atoms with Gasteiger partial charge in [-0.3, -0.25) is 9.48 Å². The molecule has 146 valence electrons. The van der Waals surface area contributed by atoms with Crippen molar-refractivity contribution in [1.82, 2.24) is 19.6 Å². The van der Waals surface area contributed by atoms with E-state index in [1.165, 1.54) is 0 Å². The molecule has 0 aliphatic carbocycles. The second kappa shape index (κ2) is 7.29. The number of aromatic nitrogens is 2. The number of hydrogen-bond acceptors (Lipinski definition) is 5. The first kappa shape index (κ1) is 19.3. The van der Waals surface area contributed by atoms with Crippen LogP contribution in [0.25, 0.3) is 0 Å². The number of fused-ring (bicyclic) bond motifs is 1. The van der Waals surface area contributed by atoms with E-state index in [1.54, 1.807) is 7.11 Å². The van der Waals surface area contributed by atoms with Crippen molar-refractivity contribution < 1.29 is 14.3 Å². The molecule has 1 saturated heterocycles. The topological polar surface area (TPSA) is 59.8 Å². The molecule has 3 heterocycles. The van der Waals surface area contributed by atoms with Gasteiger partial charge in [0.1, 0.15) is 0 Å². The van der Waals surface area contributed by atoms with E-state index in [0.29, 0.717) is 18.8 Å². The summed E-state index contributed by atoms with van der Waals surface area (Å²) in [4.78, 5) is 17.7. The number of amides is 1. The van der Waals surface area contributed by atoms with E-state index in [-0.39, 0.29) is 23.7 Å². The predicted octanol–water partition coefficient (Wildman–Crippen LogP) is 1.72. The van der Waals surface area contributed by atoms with Gasteiger partial charge >= 0.3 is 0 Å². The minimum atomic E-state index is -0.213. The Morgan fingerprint density at radius 2 is 2.08 bits per heavy atom. The van der Waals surface area contributed by atoms with E-state index in [0.717, 1.165) is 37.3 Å². The molecule has 3 rings (SSSR count). The Morgan fingerprint density at radius 3 is 2.73 bits per heavy atom. The largest absolute Gasteiger partial charge is 0.383 e. The zero-order chi connectivity index (χ0) is 19.1. The highest BCUT2D eigenvalue weighted by Crippen LogP contribution is 2.34. The van der Waals surface area contributed by atoms with Gasteiger partial charge in [-0.1, -0.05) is 0 Å². The van der Waals surface area contributed by atoms with Gasteiger partial charge in [-0.25, -0.2) is 0 Å². The number of hydrogen-bond donors (Lipinski definition) is 0. The van der Waals surface area contributed by atoms with E-state index in [1.807, 2.05) is 16.5 Å². The minimum Gasteiger partial charge on any atom is -0.383 e. The van der Waals surface area contributed by atoms with Gasteiger partial charge in [-0.2, -0.15) is 5.10 Å². The molecule has 2 aliphatic rings. The van der Waals surface area contributed by atoms with Gasteiger partial charge < -0.3 is 19.3 Å². The van der Waals surface area contributed by atoms with Crippen LogP contribution in [0.4, 0.5) is 0 Å². The number of piperazine rings is 1. The fourth-order valence-corrected chi connectivity index (χ4v) is 4.34. The van der Waals surface area contributed by atoms with E-state index < -0.39 is 0 Å². The van der Waals surface area contributed by atoms with Gasteiger partial charge in [0.15, 0.2) is 5.69 Å². The molecule has 0 aromatic carbocycles. The first-order chi connectivity index (χ1) is 12.2. The number of carbonyl (C=O) groups is 1. The van der Waals surface area contributed by atoms with Crippen molar-refractivity contribution in [1.29, 1.82) is 0 Å². The van der Waals surface area contributed by atoms with Crippen LogP contribution < -0.4 is 0 Å². The fourth-order valence-electron chi connectivity index (χ4n) is 4.34. The highest BCUT2D eigenvalue weighted by Gasteiger charge is 2.40. The van der Waals surface area contributed by atoms with Crippen molar-refractivity contribution in [3.8, 4) is 0 Å². The Bertz CT molecular complexity index is 670. The second-order valence-corrected chi connectivity index (χ2v) is 8.23. The normalized spacial score (nSPS) is 26.0. The summed E-state index contributed by atoms with van der Waals surface area (Å²) in [6.45, 7) is 12.0. The van der Waals surface area contributed by atoms with Crippen molar-refractivity contribution >= 4 is 5.91 Å². The van der Waals surface area contributed by atoms with E-state index in [9.17, 15) is 4.79 Å². The Kier molecular flexibility index (Phi) is 5.42. The number of carbonyl (C=O) groups excluding carboxylic acids is 1. The molecule has 1 aromatic rings. The van der Waals surface area contributed by atoms with Crippen molar-refractivity contribution in [3.05, 3.63) is 17.0 Å². The van der Waals surface area contributed by atoms with Crippen LogP contribution in [0.1, 0.15) is 55.5 Å². The number of rotatable bonds is 4. The summed E-state index contributed by atoms with van der Waals surface area (Å²) in [5, 5.41) is 4.73. The Morgan fingerprint density at radius 1 is 1.35 bits per heavy atom. The molecule has 7 nitrogen and oxygen atoms in total. The maximum absolute atomic E-state index is 13.5. The SMILES string of the molecule is COCCn1nc(C(=O)N2CCN(C)CC2(C)C)c2c1[C@H](C)O[C@H](C)C2. The molecule has 7 heteroatoms. The molecule has 1 fully saturated rings. The molecule has 0 spiro atoms. The van der Waals surface area contributed by atoms with Crippen molar-refractivity contribution in [2.75, 3.05) is 40.4 Å². The minimum absolute atomic E-state index is 0.0387. The molecule has 1 amide bonds. The third kappa shape index (κ3) is 3.52. The average molecular weight is 364 g/mol. The van der Waals surface area contributed by atoms with Crippen LogP contribution in [0.5, 0.6) is 0 Å². The van der Waals surface area contributed by atoms with Crippen molar-refractivity contribution in [3.63, 3.8) is 0 Å². The van der Waals surface area contributed by atoms with Gasteiger partial charge in [0.25, 0.3) is 5.91 Å². The summed E-state index contributed by atoms with van der Waals surface area (Å²) >= 11 is 0. The smallest absolute Gasteiger partial charge is 0.275 e. The first-order valence-corrected chi connectivity index (χ1v) is 9.49. The lowest BCUT2D eigenvalue weighted by Crippen LogP contribution is -2.60. The van der Waals surface area contributed by atoms with E-state index >= 15 is 0 Å².